The molecule has 0 aromatic carbocycles. The molecule has 90 valence electrons. The van der Waals surface area contributed by atoms with Gasteiger partial charge in [-0.25, -0.2) is 9.78 Å². The average molecular weight is 242 g/mol. The monoisotopic (exact) mass is 242 g/mol. The minimum atomic E-state index is -0.947. The molecule has 4 nitrogen and oxygen atoms in total. The molecule has 5 heteroatoms. The smallest absolute Gasteiger partial charge is 0.365 e. The van der Waals surface area contributed by atoms with Gasteiger partial charge in [0, 0.05) is 18.0 Å². The Balaban J connectivity index is 2.44. The van der Waals surface area contributed by atoms with Gasteiger partial charge in [0.2, 0.25) is 5.01 Å². The van der Waals surface area contributed by atoms with E-state index in [1.807, 2.05) is 0 Å². The highest BCUT2D eigenvalue weighted by atomic mass is 32.1. The van der Waals surface area contributed by atoms with Gasteiger partial charge in [0.1, 0.15) is 0 Å². The second kappa shape index (κ2) is 6.60. The molecule has 0 aliphatic carbocycles. The van der Waals surface area contributed by atoms with Crippen LogP contribution in [0.1, 0.15) is 48.6 Å². The third-order valence-corrected chi connectivity index (χ3v) is 3.32. The van der Waals surface area contributed by atoms with Crippen LogP contribution in [0.25, 0.3) is 0 Å². The molecule has 16 heavy (non-hydrogen) atoms. The predicted octanol–water partition coefficient (Wildman–Crippen LogP) is 2.51. The molecule has 1 rings (SSSR count). The lowest BCUT2D eigenvalue weighted by Crippen LogP contribution is -2.27. The van der Waals surface area contributed by atoms with Crippen molar-refractivity contribution in [3.8, 4) is 0 Å². The van der Waals surface area contributed by atoms with Gasteiger partial charge in [-0.1, -0.05) is 20.3 Å². The molecule has 1 aromatic rings. The van der Waals surface area contributed by atoms with Gasteiger partial charge in [-0.2, -0.15) is 0 Å². The van der Waals surface area contributed by atoms with E-state index in [1.54, 1.807) is 5.38 Å². The van der Waals surface area contributed by atoms with E-state index in [0.717, 1.165) is 25.0 Å². The minimum Gasteiger partial charge on any atom is -0.476 e. The summed E-state index contributed by atoms with van der Waals surface area (Å²) in [5, 5.41) is 14.1. The number of rotatable bonds is 7. The highest BCUT2D eigenvalue weighted by molar-refractivity contribution is 7.11. The highest BCUT2D eigenvalue weighted by Crippen LogP contribution is 2.10. The predicted molar refractivity (Wildman–Crippen MR) is 64.9 cm³/mol. The first-order valence-corrected chi connectivity index (χ1v) is 6.46. The van der Waals surface area contributed by atoms with Crippen molar-refractivity contribution in [2.24, 2.45) is 0 Å². The summed E-state index contributed by atoms with van der Waals surface area (Å²) in [6, 6.07) is 0.500. The van der Waals surface area contributed by atoms with Crippen LogP contribution in [0.4, 0.5) is 0 Å². The molecule has 0 aliphatic rings. The second-order valence-corrected chi connectivity index (χ2v) is 4.58. The normalized spacial score (nSPS) is 12.6. The number of hydrogen-bond acceptors (Lipinski definition) is 4. The molecule has 0 radical (unpaired) electrons. The van der Waals surface area contributed by atoms with E-state index in [0.29, 0.717) is 12.6 Å². The molecule has 1 atom stereocenters. The largest absolute Gasteiger partial charge is 0.476 e. The summed E-state index contributed by atoms with van der Waals surface area (Å²) in [6.07, 6.45) is 3.39. The lowest BCUT2D eigenvalue weighted by molar-refractivity contribution is 0.0696. The van der Waals surface area contributed by atoms with Gasteiger partial charge in [-0.15, -0.1) is 11.3 Å². The Morgan fingerprint density at radius 2 is 2.38 bits per heavy atom. The van der Waals surface area contributed by atoms with Gasteiger partial charge >= 0.3 is 5.97 Å². The van der Waals surface area contributed by atoms with Crippen LogP contribution in [0.5, 0.6) is 0 Å². The number of carbonyl (C=O) groups is 1. The van der Waals surface area contributed by atoms with Crippen LogP contribution in [0.15, 0.2) is 5.38 Å². The lowest BCUT2D eigenvalue weighted by atomic mass is 10.1. The van der Waals surface area contributed by atoms with Crippen molar-refractivity contribution in [3.63, 3.8) is 0 Å². The number of nitrogens with zero attached hydrogens (tertiary/aromatic N) is 1. The molecule has 1 unspecified atom stereocenters. The molecule has 0 saturated carbocycles. The van der Waals surface area contributed by atoms with E-state index < -0.39 is 5.97 Å². The summed E-state index contributed by atoms with van der Waals surface area (Å²) in [5.41, 5.74) is 0.817. The highest BCUT2D eigenvalue weighted by Gasteiger charge is 2.10. The van der Waals surface area contributed by atoms with Crippen LogP contribution >= 0.6 is 11.3 Å². The first-order chi connectivity index (χ1) is 7.67. The third kappa shape index (κ3) is 3.90. The number of aromatic nitrogens is 1. The molecule has 0 amide bonds. The number of carboxylic acids is 1. The summed E-state index contributed by atoms with van der Waals surface area (Å²) < 4.78 is 0. The van der Waals surface area contributed by atoms with Gasteiger partial charge in [-0.05, 0) is 12.8 Å². The second-order valence-electron chi connectivity index (χ2n) is 3.72. The van der Waals surface area contributed by atoms with Crippen LogP contribution < -0.4 is 5.32 Å². The molecule has 1 aromatic heterocycles. The van der Waals surface area contributed by atoms with E-state index in [9.17, 15) is 4.79 Å². The molecule has 2 N–H and O–H groups in total. The summed E-state index contributed by atoms with van der Waals surface area (Å²) in [6.45, 7) is 4.97. The molecular formula is C11H18N2O2S. The fourth-order valence-electron chi connectivity index (χ4n) is 1.53. The van der Waals surface area contributed by atoms with Gasteiger partial charge in [0.25, 0.3) is 0 Å². The molecule has 1 heterocycles. The van der Waals surface area contributed by atoms with Crippen molar-refractivity contribution in [3.05, 3.63) is 16.1 Å². The SMILES string of the molecule is CCCC(CC)NCc1csc(C(=O)O)n1. The van der Waals surface area contributed by atoms with Gasteiger partial charge < -0.3 is 10.4 Å². The van der Waals surface area contributed by atoms with Crippen molar-refractivity contribution in [2.75, 3.05) is 0 Å². The molecule has 0 bridgehead atoms. The standard InChI is InChI=1S/C11H18N2O2S/c1-3-5-8(4-2)12-6-9-7-16-10(13-9)11(14)15/h7-8,12H,3-6H2,1-2H3,(H,14,15). The van der Waals surface area contributed by atoms with Crippen LogP contribution in [0.2, 0.25) is 0 Å². The quantitative estimate of drug-likeness (QED) is 0.771. The van der Waals surface area contributed by atoms with Crippen LogP contribution in [-0.2, 0) is 6.54 Å². The fourth-order valence-corrected chi connectivity index (χ4v) is 2.19. The molecule has 0 saturated heterocycles. The fraction of sp³-hybridized carbons (Fsp3) is 0.636. The Kier molecular flexibility index (Phi) is 5.42. The van der Waals surface area contributed by atoms with E-state index in [2.05, 4.69) is 24.1 Å². The zero-order chi connectivity index (χ0) is 12.0. The van der Waals surface area contributed by atoms with Gasteiger partial charge in [-0.3, -0.25) is 0 Å². The summed E-state index contributed by atoms with van der Waals surface area (Å²) >= 11 is 1.18. The number of thiazole rings is 1. The molecule has 0 aliphatic heterocycles. The molecule has 0 fully saturated rings. The van der Waals surface area contributed by atoms with E-state index >= 15 is 0 Å². The minimum absolute atomic E-state index is 0.167. The third-order valence-electron chi connectivity index (χ3n) is 2.44. The first kappa shape index (κ1) is 13.1. The van der Waals surface area contributed by atoms with Crippen molar-refractivity contribution < 1.29 is 9.90 Å². The van der Waals surface area contributed by atoms with Gasteiger partial charge in [0.15, 0.2) is 0 Å². The Bertz CT molecular complexity index is 338. The zero-order valence-electron chi connectivity index (χ0n) is 9.69. The Labute approximate surface area is 99.7 Å². The molecule has 0 spiro atoms. The van der Waals surface area contributed by atoms with E-state index in [1.165, 1.54) is 11.3 Å². The zero-order valence-corrected chi connectivity index (χ0v) is 10.5. The Hall–Kier alpha value is -0.940. The maximum Gasteiger partial charge on any atom is 0.365 e. The molecular weight excluding hydrogens is 224 g/mol. The van der Waals surface area contributed by atoms with Crippen LogP contribution in [0.3, 0.4) is 0 Å². The van der Waals surface area contributed by atoms with Crippen molar-refractivity contribution >= 4 is 17.3 Å². The first-order valence-electron chi connectivity index (χ1n) is 5.58. The summed E-state index contributed by atoms with van der Waals surface area (Å²) in [7, 11) is 0. The maximum atomic E-state index is 10.6. The average Bonchev–Trinajstić information content (AvgIpc) is 2.73. The van der Waals surface area contributed by atoms with Crippen LogP contribution in [-0.4, -0.2) is 22.1 Å². The number of nitrogens with one attached hydrogen (secondary N) is 1. The number of carboxylic acid groups (broad SMARTS) is 1. The number of aromatic carboxylic acids is 1. The summed E-state index contributed by atoms with van der Waals surface area (Å²) in [5.74, 6) is -0.947. The van der Waals surface area contributed by atoms with Gasteiger partial charge in [0.05, 0.1) is 5.69 Å². The maximum absolute atomic E-state index is 10.6. The summed E-state index contributed by atoms with van der Waals surface area (Å²) in [4.78, 5) is 14.7. The Morgan fingerprint density at radius 3 is 2.88 bits per heavy atom. The number of hydrogen-bond donors (Lipinski definition) is 2. The van der Waals surface area contributed by atoms with Crippen molar-refractivity contribution in [1.29, 1.82) is 0 Å². The van der Waals surface area contributed by atoms with Crippen molar-refractivity contribution in [1.82, 2.24) is 10.3 Å². The lowest BCUT2D eigenvalue weighted by Gasteiger charge is -2.14. The van der Waals surface area contributed by atoms with E-state index in [4.69, 9.17) is 5.11 Å². The van der Waals surface area contributed by atoms with Crippen molar-refractivity contribution in [2.45, 2.75) is 45.7 Å². The topological polar surface area (TPSA) is 62.2 Å². The van der Waals surface area contributed by atoms with Crippen LogP contribution in [0, 0.1) is 0 Å². The van der Waals surface area contributed by atoms with E-state index in [-0.39, 0.29) is 5.01 Å². The Morgan fingerprint density at radius 1 is 1.62 bits per heavy atom.